The molecule has 104 valence electrons. The Balaban J connectivity index is 5.55. The van der Waals surface area contributed by atoms with Crippen LogP contribution in [0.1, 0.15) is 34.6 Å². The Morgan fingerprint density at radius 3 is 1.94 bits per heavy atom. The van der Waals surface area contributed by atoms with Crippen molar-refractivity contribution in [2.75, 3.05) is 13.1 Å². The second-order valence-corrected chi connectivity index (χ2v) is 12.3. The first-order valence-electron chi connectivity index (χ1n) is 6.75. The fourth-order valence-electron chi connectivity index (χ4n) is 1.75. The second kappa shape index (κ2) is 6.88. The van der Waals surface area contributed by atoms with Gasteiger partial charge in [0.2, 0.25) is 0 Å². The molecule has 0 aromatic heterocycles. The first-order chi connectivity index (χ1) is 8.13. The number of likely N-dealkylation sites (N-methyl/N-ethyl adjacent to an activating group) is 1. The summed E-state index contributed by atoms with van der Waals surface area (Å²) in [6.45, 7) is 22.3. The van der Waals surface area contributed by atoms with Gasteiger partial charge in [-0.15, -0.1) is 0 Å². The molecule has 0 aliphatic carbocycles. The summed E-state index contributed by atoms with van der Waals surface area (Å²) < 4.78 is 1.31. The van der Waals surface area contributed by atoms with Gasteiger partial charge in [-0.2, -0.15) is 0 Å². The molecule has 0 aromatic carbocycles. The van der Waals surface area contributed by atoms with Crippen molar-refractivity contribution in [2.24, 2.45) is 0 Å². The van der Waals surface area contributed by atoms with E-state index in [2.05, 4.69) is 80.8 Å². The van der Waals surface area contributed by atoms with Gasteiger partial charge >= 0.3 is 123 Å². The third kappa shape index (κ3) is 3.94. The summed E-state index contributed by atoms with van der Waals surface area (Å²) in [5.74, 6) is 0. The van der Waals surface area contributed by atoms with Crippen LogP contribution in [0.4, 0.5) is 0 Å². The molecule has 0 aliphatic rings. The van der Waals surface area contributed by atoms with Crippen LogP contribution in [-0.4, -0.2) is 46.2 Å². The van der Waals surface area contributed by atoms with Gasteiger partial charge in [0.1, 0.15) is 0 Å². The molecule has 3 heteroatoms. The Bertz CT molecular complexity index is 333. The van der Waals surface area contributed by atoms with Crippen molar-refractivity contribution in [3.63, 3.8) is 0 Å². The standard InChI is InChI=1S/C15H29NSeSi/c1-9-12-13(14(17)16(10-2)11-3)18(7,8)15(4,5)6/h9,12H,1,10-11H2,2-8H3/b13-12-. The summed E-state index contributed by atoms with van der Waals surface area (Å²) in [5.41, 5.74) is 0. The van der Waals surface area contributed by atoms with Crippen LogP contribution in [0.2, 0.25) is 18.1 Å². The fourth-order valence-corrected chi connectivity index (χ4v) is 6.08. The molecule has 0 saturated carbocycles. The van der Waals surface area contributed by atoms with E-state index in [-0.39, 0.29) is 0 Å². The molecule has 18 heavy (non-hydrogen) atoms. The summed E-state index contributed by atoms with van der Waals surface area (Å²) in [6.07, 6.45) is 4.14. The van der Waals surface area contributed by atoms with Gasteiger partial charge in [-0.1, -0.05) is 0 Å². The van der Waals surface area contributed by atoms with Gasteiger partial charge in [0.15, 0.2) is 0 Å². The van der Waals surface area contributed by atoms with Crippen LogP contribution in [0.3, 0.4) is 0 Å². The van der Waals surface area contributed by atoms with E-state index in [1.807, 2.05) is 6.08 Å². The van der Waals surface area contributed by atoms with Crippen molar-refractivity contribution in [1.82, 2.24) is 4.90 Å². The summed E-state index contributed by atoms with van der Waals surface area (Å²) in [4.78, 5) is 2.40. The first kappa shape index (κ1) is 17.9. The zero-order chi connectivity index (χ0) is 14.6. The second-order valence-electron chi connectivity index (χ2n) is 6.17. The van der Waals surface area contributed by atoms with Crippen LogP contribution in [0.15, 0.2) is 23.9 Å². The number of nitrogens with zero attached hydrogens (tertiary/aromatic N) is 1. The molecule has 0 amide bonds. The maximum absolute atomic E-state index is 3.89. The molecular weight excluding hydrogens is 301 g/mol. The van der Waals surface area contributed by atoms with Crippen LogP contribution in [-0.2, 0) is 0 Å². The number of hydrogen-bond donors (Lipinski definition) is 0. The third-order valence-corrected chi connectivity index (χ3v) is 11.0. The van der Waals surface area contributed by atoms with Crippen molar-refractivity contribution < 1.29 is 0 Å². The van der Waals surface area contributed by atoms with Crippen LogP contribution in [0.5, 0.6) is 0 Å². The maximum atomic E-state index is 3.89. The van der Waals surface area contributed by atoms with E-state index in [4.69, 9.17) is 0 Å². The Kier molecular flexibility index (Phi) is 6.84. The molecule has 0 radical (unpaired) electrons. The number of hydrogen-bond acceptors (Lipinski definition) is 1. The number of rotatable bonds is 6. The van der Waals surface area contributed by atoms with E-state index in [0.29, 0.717) is 5.04 Å². The molecule has 0 fully saturated rings. The van der Waals surface area contributed by atoms with Gasteiger partial charge in [0.05, 0.1) is 0 Å². The Hall–Kier alpha value is -0.114. The average Bonchev–Trinajstić information content (AvgIpc) is 2.25. The van der Waals surface area contributed by atoms with Crippen molar-refractivity contribution in [1.29, 1.82) is 0 Å². The molecule has 0 bridgehead atoms. The molecule has 0 saturated heterocycles. The van der Waals surface area contributed by atoms with Crippen molar-refractivity contribution in [3.8, 4) is 0 Å². The Morgan fingerprint density at radius 1 is 1.22 bits per heavy atom. The zero-order valence-electron chi connectivity index (χ0n) is 13.1. The van der Waals surface area contributed by atoms with Crippen molar-refractivity contribution >= 4 is 28.2 Å². The minimum atomic E-state index is -1.53. The molecule has 0 aromatic rings. The van der Waals surface area contributed by atoms with Gasteiger partial charge in [0, 0.05) is 0 Å². The van der Waals surface area contributed by atoms with E-state index >= 15 is 0 Å². The van der Waals surface area contributed by atoms with E-state index < -0.39 is 8.07 Å². The molecule has 0 unspecified atom stereocenters. The quantitative estimate of drug-likeness (QED) is 0.529. The summed E-state index contributed by atoms with van der Waals surface area (Å²) >= 11 is 3.30. The molecule has 0 atom stereocenters. The molecular formula is C15H29NSeSi. The van der Waals surface area contributed by atoms with Gasteiger partial charge in [-0.3, -0.25) is 0 Å². The monoisotopic (exact) mass is 331 g/mol. The van der Waals surface area contributed by atoms with Crippen molar-refractivity contribution in [2.45, 2.75) is 52.8 Å². The van der Waals surface area contributed by atoms with E-state index in [9.17, 15) is 0 Å². The predicted octanol–water partition coefficient (Wildman–Crippen LogP) is 3.79. The summed E-state index contributed by atoms with van der Waals surface area (Å²) in [7, 11) is -1.53. The van der Waals surface area contributed by atoms with E-state index in [0.717, 1.165) is 13.1 Å². The number of allylic oxidation sites excluding steroid dienone is 2. The third-order valence-electron chi connectivity index (χ3n) is 4.11. The van der Waals surface area contributed by atoms with Crippen LogP contribution >= 0.6 is 0 Å². The van der Waals surface area contributed by atoms with E-state index in [1.165, 1.54) is 9.74 Å². The molecule has 0 spiro atoms. The van der Waals surface area contributed by atoms with Gasteiger partial charge in [-0.05, 0) is 0 Å². The average molecular weight is 330 g/mol. The van der Waals surface area contributed by atoms with E-state index in [1.54, 1.807) is 0 Å². The van der Waals surface area contributed by atoms with Gasteiger partial charge in [0.25, 0.3) is 0 Å². The molecule has 0 heterocycles. The minimum absolute atomic E-state index is 0.337. The molecule has 0 rings (SSSR count). The molecule has 0 N–H and O–H groups in total. The topological polar surface area (TPSA) is 3.24 Å². The van der Waals surface area contributed by atoms with Gasteiger partial charge in [-0.25, -0.2) is 0 Å². The normalized spacial score (nSPS) is 13.4. The SMILES string of the molecule is C=C/C=C(/C(=[Se])N(CC)CC)[Si](C)(C)C(C)(C)C. The summed E-state index contributed by atoms with van der Waals surface area (Å²) in [5, 5.41) is 1.82. The fraction of sp³-hybridized carbons (Fsp3) is 0.667. The molecule has 0 aliphatic heterocycles. The summed E-state index contributed by atoms with van der Waals surface area (Å²) in [6, 6.07) is 0. The van der Waals surface area contributed by atoms with Crippen LogP contribution < -0.4 is 0 Å². The zero-order valence-corrected chi connectivity index (χ0v) is 15.8. The molecule has 1 nitrogen and oxygen atoms in total. The predicted molar refractivity (Wildman–Crippen MR) is 89.2 cm³/mol. The van der Waals surface area contributed by atoms with Crippen LogP contribution in [0, 0.1) is 0 Å². The van der Waals surface area contributed by atoms with Crippen molar-refractivity contribution in [3.05, 3.63) is 23.9 Å². The first-order valence-corrected chi connectivity index (χ1v) is 10.6. The van der Waals surface area contributed by atoms with Crippen LogP contribution in [0.25, 0.3) is 0 Å². The Labute approximate surface area is 123 Å². The Morgan fingerprint density at radius 2 is 1.67 bits per heavy atom. The van der Waals surface area contributed by atoms with Gasteiger partial charge < -0.3 is 0 Å².